The van der Waals surface area contributed by atoms with Gasteiger partial charge in [0.2, 0.25) is 5.91 Å². The number of aromatic nitrogens is 2. The summed E-state index contributed by atoms with van der Waals surface area (Å²) < 4.78 is 7.20. The van der Waals surface area contributed by atoms with Gasteiger partial charge in [-0.2, -0.15) is 5.10 Å². The number of carbonyl (C=O) groups excluding carboxylic acids is 2. The summed E-state index contributed by atoms with van der Waals surface area (Å²) >= 11 is 0. The molecule has 22 heavy (non-hydrogen) atoms. The van der Waals surface area contributed by atoms with Crippen molar-refractivity contribution in [1.29, 1.82) is 0 Å². The lowest BCUT2D eigenvalue weighted by atomic mass is 10.1. The Bertz CT molecular complexity index is 738. The zero-order valence-corrected chi connectivity index (χ0v) is 12.3. The number of aryl methyl sites for hydroxylation is 2. The van der Waals surface area contributed by atoms with E-state index >= 15 is 0 Å². The van der Waals surface area contributed by atoms with Crippen molar-refractivity contribution in [3.8, 4) is 5.75 Å². The summed E-state index contributed by atoms with van der Waals surface area (Å²) in [5.41, 5.74) is 2.24. The van der Waals surface area contributed by atoms with Gasteiger partial charge in [-0.05, 0) is 24.6 Å². The highest BCUT2D eigenvalue weighted by molar-refractivity contribution is 6.01. The Morgan fingerprint density at radius 1 is 1.50 bits per heavy atom. The first-order valence-corrected chi connectivity index (χ1v) is 6.88. The quantitative estimate of drug-likeness (QED) is 0.898. The van der Waals surface area contributed by atoms with Crippen molar-refractivity contribution in [2.75, 3.05) is 10.6 Å². The van der Waals surface area contributed by atoms with E-state index in [0.717, 1.165) is 5.56 Å². The van der Waals surface area contributed by atoms with E-state index in [4.69, 9.17) is 4.74 Å². The highest BCUT2D eigenvalue weighted by Gasteiger charge is 2.29. The molecule has 1 atom stereocenters. The molecule has 2 aromatic rings. The second-order valence-electron chi connectivity index (χ2n) is 5.25. The second-order valence-corrected chi connectivity index (χ2v) is 5.25. The van der Waals surface area contributed by atoms with Gasteiger partial charge in [0.15, 0.2) is 6.10 Å². The molecule has 0 fully saturated rings. The lowest BCUT2D eigenvalue weighted by Crippen LogP contribution is -2.39. The Kier molecular flexibility index (Phi) is 3.54. The van der Waals surface area contributed by atoms with E-state index in [1.807, 2.05) is 19.1 Å². The van der Waals surface area contributed by atoms with E-state index in [-0.39, 0.29) is 18.2 Å². The SMILES string of the molecule is Cc1ccc2c(c1)NC(=O)C(CC(=O)Nc1cnn(C)c1)O2. The van der Waals surface area contributed by atoms with Crippen molar-refractivity contribution in [3.05, 3.63) is 36.2 Å². The van der Waals surface area contributed by atoms with Gasteiger partial charge >= 0.3 is 0 Å². The summed E-state index contributed by atoms with van der Waals surface area (Å²) in [7, 11) is 1.76. The number of rotatable bonds is 3. The molecule has 1 aliphatic rings. The van der Waals surface area contributed by atoms with Crippen molar-refractivity contribution in [3.63, 3.8) is 0 Å². The van der Waals surface area contributed by atoms with Crippen LogP contribution in [0.3, 0.4) is 0 Å². The van der Waals surface area contributed by atoms with E-state index in [1.54, 1.807) is 24.0 Å². The summed E-state index contributed by atoms with van der Waals surface area (Å²) in [6.45, 7) is 1.93. The zero-order valence-electron chi connectivity index (χ0n) is 12.3. The summed E-state index contributed by atoms with van der Waals surface area (Å²) in [5, 5.41) is 9.41. The van der Waals surface area contributed by atoms with Crippen LogP contribution < -0.4 is 15.4 Å². The fourth-order valence-electron chi connectivity index (χ4n) is 2.26. The summed E-state index contributed by atoms with van der Waals surface area (Å²) in [6.07, 6.45) is 2.32. The predicted octanol–water partition coefficient (Wildman–Crippen LogP) is 1.46. The molecule has 1 aromatic carbocycles. The number of fused-ring (bicyclic) bond motifs is 1. The minimum absolute atomic E-state index is 0.0615. The highest BCUT2D eigenvalue weighted by Crippen LogP contribution is 2.31. The van der Waals surface area contributed by atoms with Crippen LogP contribution in [-0.4, -0.2) is 27.7 Å². The van der Waals surface area contributed by atoms with Crippen LogP contribution in [0, 0.1) is 6.92 Å². The molecule has 0 saturated carbocycles. The van der Waals surface area contributed by atoms with Gasteiger partial charge in [-0.25, -0.2) is 0 Å². The van der Waals surface area contributed by atoms with Crippen LogP contribution in [0.4, 0.5) is 11.4 Å². The molecule has 0 saturated heterocycles. The van der Waals surface area contributed by atoms with Gasteiger partial charge in [-0.1, -0.05) is 6.07 Å². The highest BCUT2D eigenvalue weighted by atomic mass is 16.5. The first-order chi connectivity index (χ1) is 10.5. The van der Waals surface area contributed by atoms with Gasteiger partial charge in [0.25, 0.3) is 5.91 Å². The van der Waals surface area contributed by atoms with Gasteiger partial charge in [0.05, 0.1) is 24.0 Å². The van der Waals surface area contributed by atoms with Gasteiger partial charge < -0.3 is 15.4 Å². The van der Waals surface area contributed by atoms with Crippen LogP contribution in [0.25, 0.3) is 0 Å². The number of nitrogens with zero attached hydrogens (tertiary/aromatic N) is 2. The summed E-state index contributed by atoms with van der Waals surface area (Å²) in [5.74, 6) is -0.0486. The molecule has 0 bridgehead atoms. The average Bonchev–Trinajstić information content (AvgIpc) is 2.85. The Hall–Kier alpha value is -2.83. The molecule has 1 aliphatic heterocycles. The molecule has 114 valence electrons. The lowest BCUT2D eigenvalue weighted by Gasteiger charge is -2.25. The Labute approximate surface area is 127 Å². The van der Waals surface area contributed by atoms with Gasteiger partial charge in [-0.3, -0.25) is 14.3 Å². The fraction of sp³-hybridized carbons (Fsp3) is 0.267. The number of hydrogen-bond acceptors (Lipinski definition) is 4. The largest absolute Gasteiger partial charge is 0.478 e. The third-order valence-electron chi connectivity index (χ3n) is 3.31. The van der Waals surface area contributed by atoms with Gasteiger partial charge in [-0.15, -0.1) is 0 Å². The van der Waals surface area contributed by atoms with E-state index in [0.29, 0.717) is 17.1 Å². The molecule has 0 spiro atoms. The average molecular weight is 300 g/mol. The maximum atomic E-state index is 12.0. The van der Waals surface area contributed by atoms with Crippen LogP contribution in [-0.2, 0) is 16.6 Å². The monoisotopic (exact) mass is 300 g/mol. The van der Waals surface area contributed by atoms with Crippen molar-refractivity contribution in [2.45, 2.75) is 19.4 Å². The summed E-state index contributed by atoms with van der Waals surface area (Å²) in [6, 6.07) is 5.51. The molecule has 0 aliphatic carbocycles. The third kappa shape index (κ3) is 2.93. The molecule has 1 aromatic heterocycles. The van der Waals surface area contributed by atoms with Gasteiger partial charge in [0, 0.05) is 13.2 Å². The van der Waals surface area contributed by atoms with Crippen molar-refractivity contribution >= 4 is 23.2 Å². The lowest BCUT2D eigenvalue weighted by molar-refractivity contribution is -0.128. The maximum absolute atomic E-state index is 12.0. The minimum atomic E-state index is -0.841. The van der Waals surface area contributed by atoms with Crippen LogP contribution in [0.5, 0.6) is 5.75 Å². The number of anilines is 2. The third-order valence-corrected chi connectivity index (χ3v) is 3.31. The number of carbonyl (C=O) groups is 2. The number of benzene rings is 1. The predicted molar refractivity (Wildman–Crippen MR) is 80.7 cm³/mol. The molecule has 1 unspecified atom stereocenters. The Morgan fingerprint density at radius 2 is 2.32 bits per heavy atom. The standard InChI is InChI=1S/C15H16N4O3/c1-9-3-4-12-11(5-9)18-15(21)13(22-12)6-14(20)17-10-7-16-19(2)8-10/h3-5,7-8,13H,6H2,1-2H3,(H,17,20)(H,18,21). The Balaban J connectivity index is 1.66. The number of amides is 2. The smallest absolute Gasteiger partial charge is 0.266 e. The zero-order chi connectivity index (χ0) is 15.7. The number of nitrogens with one attached hydrogen (secondary N) is 2. The molecular formula is C15H16N4O3. The summed E-state index contributed by atoms with van der Waals surface area (Å²) in [4.78, 5) is 24.0. The molecule has 2 heterocycles. The molecule has 7 heteroatoms. The van der Waals surface area contributed by atoms with Crippen LogP contribution in [0.1, 0.15) is 12.0 Å². The Morgan fingerprint density at radius 3 is 3.05 bits per heavy atom. The topological polar surface area (TPSA) is 85.3 Å². The van der Waals surface area contributed by atoms with Crippen molar-refractivity contribution < 1.29 is 14.3 Å². The number of ether oxygens (including phenoxy) is 1. The van der Waals surface area contributed by atoms with Crippen LogP contribution in [0.15, 0.2) is 30.6 Å². The molecule has 0 radical (unpaired) electrons. The van der Waals surface area contributed by atoms with E-state index < -0.39 is 6.10 Å². The first-order valence-electron chi connectivity index (χ1n) is 6.88. The first kappa shape index (κ1) is 14.1. The maximum Gasteiger partial charge on any atom is 0.266 e. The van der Waals surface area contributed by atoms with Gasteiger partial charge in [0.1, 0.15) is 5.75 Å². The molecule has 7 nitrogen and oxygen atoms in total. The van der Waals surface area contributed by atoms with Crippen LogP contribution >= 0.6 is 0 Å². The number of hydrogen-bond donors (Lipinski definition) is 2. The van der Waals surface area contributed by atoms with E-state index in [1.165, 1.54) is 6.20 Å². The fourth-order valence-corrected chi connectivity index (χ4v) is 2.26. The minimum Gasteiger partial charge on any atom is -0.478 e. The van der Waals surface area contributed by atoms with Crippen LogP contribution in [0.2, 0.25) is 0 Å². The van der Waals surface area contributed by atoms with Crippen molar-refractivity contribution in [2.24, 2.45) is 7.05 Å². The second kappa shape index (κ2) is 5.51. The molecule has 2 N–H and O–H groups in total. The van der Waals surface area contributed by atoms with E-state index in [9.17, 15) is 9.59 Å². The molecular weight excluding hydrogens is 284 g/mol. The van der Waals surface area contributed by atoms with E-state index in [2.05, 4.69) is 15.7 Å². The molecule has 3 rings (SSSR count). The van der Waals surface area contributed by atoms with Crippen molar-refractivity contribution in [1.82, 2.24) is 9.78 Å². The molecule has 2 amide bonds. The normalized spacial score (nSPS) is 16.5.